The Hall–Kier alpha value is -2.29. The molecule has 8 heteroatoms. The number of hydrogen-bond donors (Lipinski definition) is 1. The molecule has 1 aliphatic heterocycles. The highest BCUT2D eigenvalue weighted by Crippen LogP contribution is 2.22. The van der Waals surface area contributed by atoms with Crippen LogP contribution in [0.1, 0.15) is 23.1 Å². The van der Waals surface area contributed by atoms with E-state index in [0.717, 1.165) is 32.1 Å². The number of aryl methyl sites for hydroxylation is 1. The van der Waals surface area contributed by atoms with Gasteiger partial charge >= 0.3 is 0 Å². The van der Waals surface area contributed by atoms with Crippen molar-refractivity contribution in [3.05, 3.63) is 69.3 Å². The predicted molar refractivity (Wildman–Crippen MR) is 103 cm³/mol. The van der Waals surface area contributed by atoms with Crippen LogP contribution in [-0.2, 0) is 23.0 Å². The van der Waals surface area contributed by atoms with Crippen LogP contribution in [0.3, 0.4) is 0 Å². The Morgan fingerprint density at radius 3 is 2.67 bits per heavy atom. The van der Waals surface area contributed by atoms with Crippen LogP contribution in [0.5, 0.6) is 0 Å². The van der Waals surface area contributed by atoms with Gasteiger partial charge in [0, 0.05) is 31.8 Å². The zero-order chi connectivity index (χ0) is 19.4. The highest BCUT2D eigenvalue weighted by Gasteiger charge is 2.20. The Labute approximate surface area is 159 Å². The maximum atomic E-state index is 12.5. The van der Waals surface area contributed by atoms with Gasteiger partial charge in [0.1, 0.15) is 0 Å². The standard InChI is InChI=1S/C19H23N3O4S/c1-15-7-8-18(22(23)24)13-19(15)27(25,26)20-10-4-11-21-12-9-16-5-2-3-6-17(16)14-21/h2-3,5-8,13,20H,4,9-12,14H2,1H3. The van der Waals surface area contributed by atoms with Crippen molar-refractivity contribution in [1.82, 2.24) is 9.62 Å². The summed E-state index contributed by atoms with van der Waals surface area (Å²) in [5, 5.41) is 10.9. The predicted octanol–water partition coefficient (Wildman–Crippen LogP) is 2.63. The molecule has 2 aromatic carbocycles. The Kier molecular flexibility index (Phi) is 5.88. The van der Waals surface area contributed by atoms with E-state index in [4.69, 9.17) is 0 Å². The number of hydrogen-bond acceptors (Lipinski definition) is 5. The van der Waals surface area contributed by atoms with E-state index in [1.54, 1.807) is 6.92 Å². The second-order valence-corrected chi connectivity index (χ2v) is 8.49. The average Bonchev–Trinajstić information content (AvgIpc) is 2.65. The minimum Gasteiger partial charge on any atom is -0.299 e. The molecule has 2 aromatic rings. The largest absolute Gasteiger partial charge is 0.299 e. The van der Waals surface area contributed by atoms with Crippen molar-refractivity contribution in [2.75, 3.05) is 19.6 Å². The third-order valence-corrected chi connectivity index (χ3v) is 6.43. The van der Waals surface area contributed by atoms with Gasteiger partial charge in [-0.15, -0.1) is 0 Å². The lowest BCUT2D eigenvalue weighted by molar-refractivity contribution is -0.385. The summed E-state index contributed by atoms with van der Waals surface area (Å²) in [6.07, 6.45) is 1.68. The van der Waals surface area contributed by atoms with Crippen LogP contribution >= 0.6 is 0 Å². The SMILES string of the molecule is Cc1ccc([N+](=O)[O-])cc1S(=O)(=O)NCCCN1CCc2ccccc2C1. The Balaban J connectivity index is 1.55. The van der Waals surface area contributed by atoms with Gasteiger partial charge in [0.15, 0.2) is 0 Å². The van der Waals surface area contributed by atoms with E-state index in [0.29, 0.717) is 18.5 Å². The molecule has 1 N–H and O–H groups in total. The molecule has 0 aromatic heterocycles. The summed E-state index contributed by atoms with van der Waals surface area (Å²) in [5.74, 6) is 0. The van der Waals surface area contributed by atoms with E-state index in [-0.39, 0.29) is 10.6 Å². The molecule has 1 aliphatic rings. The third kappa shape index (κ3) is 4.71. The third-order valence-electron chi connectivity index (χ3n) is 4.82. The lowest BCUT2D eigenvalue weighted by Gasteiger charge is -2.28. The fourth-order valence-electron chi connectivity index (χ4n) is 3.32. The topological polar surface area (TPSA) is 92.5 Å². The van der Waals surface area contributed by atoms with Gasteiger partial charge in [-0.2, -0.15) is 0 Å². The lowest BCUT2D eigenvalue weighted by atomic mass is 10.00. The second-order valence-electron chi connectivity index (χ2n) is 6.75. The number of nitrogens with one attached hydrogen (secondary N) is 1. The molecule has 0 radical (unpaired) electrons. The van der Waals surface area contributed by atoms with Crippen LogP contribution < -0.4 is 4.72 Å². The van der Waals surface area contributed by atoms with E-state index in [9.17, 15) is 18.5 Å². The van der Waals surface area contributed by atoms with E-state index >= 15 is 0 Å². The first-order chi connectivity index (χ1) is 12.9. The maximum Gasteiger partial charge on any atom is 0.270 e. The first-order valence-corrected chi connectivity index (χ1v) is 10.4. The first kappa shape index (κ1) is 19.5. The number of rotatable bonds is 7. The maximum absolute atomic E-state index is 12.5. The molecular weight excluding hydrogens is 366 g/mol. The number of benzene rings is 2. The van der Waals surface area contributed by atoms with E-state index in [2.05, 4.69) is 27.8 Å². The molecule has 1 heterocycles. The van der Waals surface area contributed by atoms with E-state index < -0.39 is 14.9 Å². The molecule has 0 aliphatic carbocycles. The van der Waals surface area contributed by atoms with E-state index in [1.165, 1.54) is 23.3 Å². The lowest BCUT2D eigenvalue weighted by Crippen LogP contribution is -2.33. The number of fused-ring (bicyclic) bond motifs is 1. The van der Waals surface area contributed by atoms with Crippen LogP contribution in [0.25, 0.3) is 0 Å². The van der Waals surface area contributed by atoms with Crippen LogP contribution in [0.4, 0.5) is 5.69 Å². The zero-order valence-corrected chi connectivity index (χ0v) is 16.0. The van der Waals surface area contributed by atoms with Crippen LogP contribution in [-0.4, -0.2) is 37.9 Å². The number of nitrogens with zero attached hydrogens (tertiary/aromatic N) is 2. The van der Waals surface area contributed by atoms with Crippen molar-refractivity contribution in [2.24, 2.45) is 0 Å². The molecule has 0 fully saturated rings. The van der Waals surface area contributed by atoms with Gasteiger partial charge in [0.25, 0.3) is 5.69 Å². The van der Waals surface area contributed by atoms with Crippen LogP contribution in [0, 0.1) is 17.0 Å². The van der Waals surface area contributed by atoms with Crippen molar-refractivity contribution >= 4 is 15.7 Å². The molecule has 0 spiro atoms. The Morgan fingerprint density at radius 1 is 1.19 bits per heavy atom. The van der Waals surface area contributed by atoms with E-state index in [1.807, 2.05) is 6.07 Å². The molecule has 144 valence electrons. The van der Waals surface area contributed by atoms with Gasteiger partial charge in [0.2, 0.25) is 10.0 Å². The van der Waals surface area contributed by atoms with Crippen molar-refractivity contribution in [3.8, 4) is 0 Å². The van der Waals surface area contributed by atoms with Gasteiger partial charge in [-0.25, -0.2) is 13.1 Å². The number of sulfonamides is 1. The molecule has 0 saturated carbocycles. The number of non-ortho nitro benzene ring substituents is 1. The molecule has 27 heavy (non-hydrogen) atoms. The summed E-state index contributed by atoms with van der Waals surface area (Å²) in [6.45, 7) is 4.57. The quantitative estimate of drug-likeness (QED) is 0.446. The fraction of sp³-hybridized carbons (Fsp3) is 0.368. The summed E-state index contributed by atoms with van der Waals surface area (Å²) in [5.41, 5.74) is 2.97. The smallest absolute Gasteiger partial charge is 0.270 e. The van der Waals surface area contributed by atoms with Gasteiger partial charge in [0.05, 0.1) is 9.82 Å². The normalized spacial score (nSPS) is 14.7. The molecule has 0 atom stereocenters. The number of nitro groups is 1. The average molecular weight is 389 g/mol. The first-order valence-electron chi connectivity index (χ1n) is 8.91. The molecule has 0 saturated heterocycles. The van der Waals surface area contributed by atoms with Gasteiger partial charge in [-0.05, 0) is 43.0 Å². The van der Waals surface area contributed by atoms with Crippen molar-refractivity contribution in [1.29, 1.82) is 0 Å². The molecule has 0 unspecified atom stereocenters. The zero-order valence-electron chi connectivity index (χ0n) is 15.2. The minimum atomic E-state index is -3.77. The molecular formula is C19H23N3O4S. The second kappa shape index (κ2) is 8.16. The highest BCUT2D eigenvalue weighted by atomic mass is 32.2. The molecule has 3 rings (SSSR count). The Morgan fingerprint density at radius 2 is 1.93 bits per heavy atom. The van der Waals surface area contributed by atoms with Crippen molar-refractivity contribution in [3.63, 3.8) is 0 Å². The van der Waals surface area contributed by atoms with Crippen LogP contribution in [0.15, 0.2) is 47.4 Å². The van der Waals surface area contributed by atoms with Crippen molar-refractivity contribution in [2.45, 2.75) is 31.2 Å². The summed E-state index contributed by atoms with van der Waals surface area (Å²) < 4.78 is 27.6. The van der Waals surface area contributed by atoms with Crippen LogP contribution in [0.2, 0.25) is 0 Å². The minimum absolute atomic E-state index is 0.0383. The summed E-state index contributed by atoms with van der Waals surface area (Å²) >= 11 is 0. The Bertz CT molecular complexity index is 944. The molecule has 7 nitrogen and oxygen atoms in total. The highest BCUT2D eigenvalue weighted by molar-refractivity contribution is 7.89. The molecule has 0 amide bonds. The monoisotopic (exact) mass is 389 g/mol. The molecule has 0 bridgehead atoms. The fourth-order valence-corrected chi connectivity index (χ4v) is 4.66. The van der Waals surface area contributed by atoms with Gasteiger partial charge in [-0.1, -0.05) is 30.3 Å². The number of nitro benzene ring substituents is 1. The summed E-state index contributed by atoms with van der Waals surface area (Å²) in [7, 11) is -3.77. The van der Waals surface area contributed by atoms with Crippen molar-refractivity contribution < 1.29 is 13.3 Å². The van der Waals surface area contributed by atoms with Gasteiger partial charge in [-0.3, -0.25) is 15.0 Å². The summed E-state index contributed by atoms with van der Waals surface area (Å²) in [4.78, 5) is 12.6. The van der Waals surface area contributed by atoms with Gasteiger partial charge < -0.3 is 0 Å². The summed E-state index contributed by atoms with van der Waals surface area (Å²) in [6, 6.07) is 12.3.